The topological polar surface area (TPSA) is 64.6 Å². The second kappa shape index (κ2) is 6.41. The minimum absolute atomic E-state index is 0.237. The quantitative estimate of drug-likeness (QED) is 0.857. The molecule has 1 aromatic rings. The van der Waals surface area contributed by atoms with E-state index in [0.29, 0.717) is 11.3 Å². The Bertz CT molecular complexity index is 491. The molecule has 0 radical (unpaired) electrons. The van der Waals surface area contributed by atoms with Crippen LogP contribution in [0.1, 0.15) is 32.4 Å². The highest BCUT2D eigenvalue weighted by Gasteiger charge is 2.30. The molecular formula is C15H21NO4. The molecular weight excluding hydrogens is 258 g/mol. The molecule has 0 aliphatic heterocycles. The first-order valence-electron chi connectivity index (χ1n) is 6.33. The molecule has 20 heavy (non-hydrogen) atoms. The SMILES string of the molecule is COC(=O)C(NC(=O)C(C)(C)C)c1ccccc1OC. The van der Waals surface area contributed by atoms with Crippen molar-refractivity contribution in [2.45, 2.75) is 26.8 Å². The van der Waals surface area contributed by atoms with Gasteiger partial charge in [0.1, 0.15) is 5.75 Å². The lowest BCUT2D eigenvalue weighted by Crippen LogP contribution is -2.41. The van der Waals surface area contributed by atoms with Gasteiger partial charge in [0.15, 0.2) is 6.04 Å². The predicted octanol–water partition coefficient (Wildman–Crippen LogP) is 2.07. The van der Waals surface area contributed by atoms with E-state index in [1.165, 1.54) is 14.2 Å². The maximum atomic E-state index is 12.1. The highest BCUT2D eigenvalue weighted by atomic mass is 16.5. The highest BCUT2D eigenvalue weighted by Crippen LogP contribution is 2.27. The molecule has 0 aromatic heterocycles. The minimum Gasteiger partial charge on any atom is -0.496 e. The summed E-state index contributed by atoms with van der Waals surface area (Å²) in [6.45, 7) is 5.33. The van der Waals surface area contributed by atoms with Crippen LogP contribution in [0.4, 0.5) is 0 Å². The van der Waals surface area contributed by atoms with Gasteiger partial charge in [0.05, 0.1) is 14.2 Å². The summed E-state index contributed by atoms with van der Waals surface area (Å²) in [5.74, 6) is -0.247. The molecule has 1 unspecified atom stereocenters. The predicted molar refractivity (Wildman–Crippen MR) is 75.3 cm³/mol. The zero-order valence-corrected chi connectivity index (χ0v) is 12.5. The monoisotopic (exact) mass is 279 g/mol. The molecule has 0 saturated heterocycles. The molecule has 0 spiro atoms. The third-order valence-electron chi connectivity index (χ3n) is 2.84. The summed E-state index contributed by atoms with van der Waals surface area (Å²) in [4.78, 5) is 24.1. The van der Waals surface area contributed by atoms with Crippen molar-refractivity contribution in [1.29, 1.82) is 0 Å². The van der Waals surface area contributed by atoms with Crippen LogP contribution in [0, 0.1) is 5.41 Å². The number of nitrogens with one attached hydrogen (secondary N) is 1. The fourth-order valence-corrected chi connectivity index (χ4v) is 1.63. The second-order valence-corrected chi connectivity index (χ2v) is 5.42. The summed E-state index contributed by atoms with van der Waals surface area (Å²) in [6, 6.07) is 6.14. The number of hydrogen-bond acceptors (Lipinski definition) is 4. The van der Waals surface area contributed by atoms with Crippen molar-refractivity contribution < 1.29 is 19.1 Å². The van der Waals surface area contributed by atoms with Gasteiger partial charge in [-0.05, 0) is 6.07 Å². The maximum absolute atomic E-state index is 12.1. The van der Waals surface area contributed by atoms with Crippen LogP contribution >= 0.6 is 0 Å². The minimum atomic E-state index is -0.886. The smallest absolute Gasteiger partial charge is 0.333 e. The van der Waals surface area contributed by atoms with Gasteiger partial charge in [0, 0.05) is 11.0 Å². The zero-order chi connectivity index (χ0) is 15.3. The van der Waals surface area contributed by atoms with Crippen LogP contribution in [0.3, 0.4) is 0 Å². The van der Waals surface area contributed by atoms with Crippen LogP contribution < -0.4 is 10.1 Å². The Kier molecular flexibility index (Phi) is 5.13. The molecule has 0 aliphatic rings. The van der Waals surface area contributed by atoms with Crippen LogP contribution in [-0.4, -0.2) is 26.1 Å². The van der Waals surface area contributed by atoms with E-state index in [1.807, 2.05) is 0 Å². The third kappa shape index (κ3) is 3.73. The van der Waals surface area contributed by atoms with E-state index in [9.17, 15) is 9.59 Å². The van der Waals surface area contributed by atoms with E-state index in [-0.39, 0.29) is 5.91 Å². The summed E-state index contributed by atoms with van der Waals surface area (Å²) in [6.07, 6.45) is 0. The van der Waals surface area contributed by atoms with Crippen molar-refractivity contribution in [3.8, 4) is 5.75 Å². The van der Waals surface area contributed by atoms with Crippen LogP contribution in [0.2, 0.25) is 0 Å². The van der Waals surface area contributed by atoms with Crippen LogP contribution in [-0.2, 0) is 14.3 Å². The number of para-hydroxylation sites is 1. The number of rotatable bonds is 4. The van der Waals surface area contributed by atoms with Crippen molar-refractivity contribution in [2.24, 2.45) is 5.41 Å². The summed E-state index contributed by atoms with van der Waals surface area (Å²) in [5.41, 5.74) is -0.0340. The Hall–Kier alpha value is -2.04. The molecule has 1 amide bonds. The molecule has 1 aromatic carbocycles. The molecule has 0 fully saturated rings. The summed E-state index contributed by atoms with van der Waals surface area (Å²) in [5, 5.41) is 2.71. The molecule has 1 atom stereocenters. The van der Waals surface area contributed by atoms with Gasteiger partial charge in [-0.2, -0.15) is 0 Å². The summed E-state index contributed by atoms with van der Waals surface area (Å²) in [7, 11) is 2.80. The fraction of sp³-hybridized carbons (Fsp3) is 0.467. The number of benzene rings is 1. The maximum Gasteiger partial charge on any atom is 0.333 e. The molecule has 0 bridgehead atoms. The number of amides is 1. The normalized spacial score (nSPS) is 12.4. The molecule has 1 N–H and O–H groups in total. The van der Waals surface area contributed by atoms with E-state index >= 15 is 0 Å². The summed E-state index contributed by atoms with van der Waals surface area (Å²) >= 11 is 0. The van der Waals surface area contributed by atoms with E-state index in [1.54, 1.807) is 45.0 Å². The van der Waals surface area contributed by atoms with Crippen molar-refractivity contribution in [2.75, 3.05) is 14.2 Å². The van der Waals surface area contributed by atoms with Gasteiger partial charge < -0.3 is 14.8 Å². The lowest BCUT2D eigenvalue weighted by atomic mass is 9.94. The van der Waals surface area contributed by atoms with E-state index < -0.39 is 17.4 Å². The van der Waals surface area contributed by atoms with E-state index in [4.69, 9.17) is 9.47 Å². The molecule has 5 nitrogen and oxygen atoms in total. The Balaban J connectivity index is 3.13. The van der Waals surface area contributed by atoms with Gasteiger partial charge in [-0.15, -0.1) is 0 Å². The Labute approximate surface area is 119 Å². The first-order valence-corrected chi connectivity index (χ1v) is 6.33. The first-order chi connectivity index (χ1) is 9.31. The second-order valence-electron chi connectivity index (χ2n) is 5.42. The lowest BCUT2D eigenvalue weighted by Gasteiger charge is -2.24. The number of methoxy groups -OCH3 is 2. The van der Waals surface area contributed by atoms with Gasteiger partial charge in [0.25, 0.3) is 0 Å². The number of carbonyl (C=O) groups excluding carboxylic acids is 2. The average Bonchev–Trinajstić information content (AvgIpc) is 2.42. The van der Waals surface area contributed by atoms with Crippen LogP contribution in [0.25, 0.3) is 0 Å². The molecule has 0 saturated carbocycles. The van der Waals surface area contributed by atoms with Gasteiger partial charge in [-0.1, -0.05) is 39.0 Å². The highest BCUT2D eigenvalue weighted by molar-refractivity contribution is 5.88. The van der Waals surface area contributed by atoms with Crippen molar-refractivity contribution in [3.63, 3.8) is 0 Å². The molecule has 0 heterocycles. The lowest BCUT2D eigenvalue weighted by molar-refractivity contribution is -0.146. The third-order valence-corrected chi connectivity index (χ3v) is 2.84. The number of carbonyl (C=O) groups is 2. The van der Waals surface area contributed by atoms with Crippen molar-refractivity contribution in [1.82, 2.24) is 5.32 Å². The largest absolute Gasteiger partial charge is 0.496 e. The Morgan fingerprint density at radius 1 is 1.15 bits per heavy atom. The van der Waals surface area contributed by atoms with Crippen molar-refractivity contribution >= 4 is 11.9 Å². The van der Waals surface area contributed by atoms with Gasteiger partial charge in [-0.25, -0.2) is 4.79 Å². The van der Waals surface area contributed by atoms with Crippen LogP contribution in [0.5, 0.6) is 5.75 Å². The van der Waals surface area contributed by atoms with E-state index in [0.717, 1.165) is 0 Å². The number of hydrogen-bond donors (Lipinski definition) is 1. The standard InChI is InChI=1S/C15H21NO4/c1-15(2,3)14(18)16-12(13(17)20-5)10-8-6-7-9-11(10)19-4/h6-9,12H,1-5H3,(H,16,18). The average molecular weight is 279 g/mol. The molecule has 0 aliphatic carbocycles. The number of esters is 1. The van der Waals surface area contributed by atoms with Gasteiger partial charge >= 0.3 is 5.97 Å². The van der Waals surface area contributed by atoms with Crippen molar-refractivity contribution in [3.05, 3.63) is 29.8 Å². The van der Waals surface area contributed by atoms with E-state index in [2.05, 4.69) is 5.32 Å². The Morgan fingerprint density at radius 2 is 1.75 bits per heavy atom. The molecule has 110 valence electrons. The molecule has 5 heteroatoms. The van der Waals surface area contributed by atoms with Gasteiger partial charge in [-0.3, -0.25) is 4.79 Å². The number of ether oxygens (including phenoxy) is 2. The fourth-order valence-electron chi connectivity index (χ4n) is 1.63. The molecule has 1 rings (SSSR count). The first kappa shape index (κ1) is 16.0. The Morgan fingerprint density at radius 3 is 2.25 bits per heavy atom. The summed E-state index contributed by atoms with van der Waals surface area (Å²) < 4.78 is 10.00. The zero-order valence-electron chi connectivity index (χ0n) is 12.5. The van der Waals surface area contributed by atoms with Gasteiger partial charge in [0.2, 0.25) is 5.91 Å². The van der Waals surface area contributed by atoms with Crippen LogP contribution in [0.15, 0.2) is 24.3 Å².